The third-order valence-electron chi connectivity index (χ3n) is 2.50. The first kappa shape index (κ1) is 14.7. The average molecular weight is 251 g/mol. The third-order valence-corrected chi connectivity index (χ3v) is 2.50. The lowest BCUT2D eigenvalue weighted by Crippen LogP contribution is -2.26. The van der Waals surface area contributed by atoms with Gasteiger partial charge in [-0.25, -0.2) is 0 Å². The molecule has 0 heterocycles. The van der Waals surface area contributed by atoms with Crippen LogP contribution in [-0.4, -0.2) is 37.4 Å². The molecule has 0 aliphatic rings. The van der Waals surface area contributed by atoms with Gasteiger partial charge in [0.05, 0.1) is 13.2 Å². The molecule has 0 aromatic heterocycles. The molecule has 0 spiro atoms. The van der Waals surface area contributed by atoms with Crippen LogP contribution >= 0.6 is 0 Å². The van der Waals surface area contributed by atoms with Gasteiger partial charge in [-0.3, -0.25) is 4.79 Å². The molecule has 2 N–H and O–H groups in total. The lowest BCUT2D eigenvalue weighted by molar-refractivity contribution is -0.121. The Balaban J connectivity index is 1.94. The zero-order chi connectivity index (χ0) is 13.1. The Bertz CT molecular complexity index is 327. The van der Waals surface area contributed by atoms with Gasteiger partial charge in [-0.1, -0.05) is 30.3 Å². The van der Waals surface area contributed by atoms with E-state index in [2.05, 4.69) is 17.4 Å². The summed E-state index contributed by atoms with van der Waals surface area (Å²) in [6.45, 7) is 1.59. The molecule has 1 rings (SSSR count). The van der Waals surface area contributed by atoms with E-state index in [1.165, 1.54) is 5.56 Å². The molecule has 0 saturated heterocycles. The minimum absolute atomic E-state index is 0.0146. The maximum Gasteiger partial charge on any atom is 0.220 e. The Morgan fingerprint density at radius 1 is 1.22 bits per heavy atom. The van der Waals surface area contributed by atoms with Crippen molar-refractivity contribution in [1.82, 2.24) is 5.32 Å². The van der Waals surface area contributed by atoms with Gasteiger partial charge in [-0.05, 0) is 18.4 Å². The average Bonchev–Trinajstić information content (AvgIpc) is 2.41. The highest BCUT2D eigenvalue weighted by Gasteiger charge is 1.99. The van der Waals surface area contributed by atoms with Crippen LogP contribution in [0.3, 0.4) is 0 Å². The summed E-state index contributed by atoms with van der Waals surface area (Å²) in [5.74, 6) is -0.0318. The molecule has 0 fully saturated rings. The van der Waals surface area contributed by atoms with Crippen molar-refractivity contribution in [2.45, 2.75) is 19.3 Å². The van der Waals surface area contributed by atoms with Crippen LogP contribution in [0.4, 0.5) is 0 Å². The highest BCUT2D eigenvalue weighted by atomic mass is 16.5. The van der Waals surface area contributed by atoms with Crippen molar-refractivity contribution >= 4 is 5.91 Å². The van der Waals surface area contributed by atoms with Crippen molar-refractivity contribution in [3.8, 4) is 0 Å². The highest BCUT2D eigenvalue weighted by molar-refractivity contribution is 5.75. The number of benzene rings is 1. The zero-order valence-electron chi connectivity index (χ0n) is 10.6. The highest BCUT2D eigenvalue weighted by Crippen LogP contribution is 2.00. The Morgan fingerprint density at radius 2 is 2.00 bits per heavy atom. The molecular formula is C14H21NO3. The number of carbonyl (C=O) groups is 1. The summed E-state index contributed by atoms with van der Waals surface area (Å²) in [4.78, 5) is 11.2. The van der Waals surface area contributed by atoms with Gasteiger partial charge in [-0.15, -0.1) is 0 Å². The summed E-state index contributed by atoms with van der Waals surface area (Å²) < 4.78 is 5.46. The molecule has 1 amide bonds. The summed E-state index contributed by atoms with van der Waals surface area (Å²) in [7, 11) is 0. The largest absolute Gasteiger partial charge is 0.395 e. The maximum absolute atomic E-state index is 11.2. The van der Waals surface area contributed by atoms with E-state index in [4.69, 9.17) is 9.84 Å². The van der Waals surface area contributed by atoms with Crippen LogP contribution in [0.2, 0.25) is 0 Å². The van der Waals surface area contributed by atoms with Crippen LogP contribution in [0.25, 0.3) is 0 Å². The van der Waals surface area contributed by atoms with Crippen LogP contribution in [-0.2, 0) is 16.0 Å². The van der Waals surface area contributed by atoms with Crippen LogP contribution < -0.4 is 5.32 Å². The number of hydrogen-bond acceptors (Lipinski definition) is 3. The number of aliphatic hydroxyl groups is 1. The van der Waals surface area contributed by atoms with E-state index in [9.17, 15) is 4.79 Å². The molecule has 100 valence electrons. The smallest absolute Gasteiger partial charge is 0.220 e. The summed E-state index contributed by atoms with van der Waals surface area (Å²) in [6, 6.07) is 10.2. The van der Waals surface area contributed by atoms with Crippen molar-refractivity contribution in [3.63, 3.8) is 0 Å². The van der Waals surface area contributed by atoms with Crippen LogP contribution in [0.5, 0.6) is 0 Å². The molecule has 4 nitrogen and oxygen atoms in total. The van der Waals surface area contributed by atoms with Gasteiger partial charge < -0.3 is 15.2 Å². The molecule has 0 radical (unpaired) electrons. The van der Waals surface area contributed by atoms with E-state index in [-0.39, 0.29) is 12.5 Å². The lowest BCUT2D eigenvalue weighted by atomic mass is 10.2. The van der Waals surface area contributed by atoms with Gasteiger partial charge in [0, 0.05) is 19.6 Å². The van der Waals surface area contributed by atoms with E-state index in [1.54, 1.807) is 0 Å². The van der Waals surface area contributed by atoms with Crippen LogP contribution in [0, 0.1) is 0 Å². The van der Waals surface area contributed by atoms with Crippen molar-refractivity contribution < 1.29 is 14.6 Å². The minimum atomic E-state index is -0.0318. The fourth-order valence-corrected chi connectivity index (χ4v) is 1.56. The van der Waals surface area contributed by atoms with Gasteiger partial charge in [-0.2, -0.15) is 0 Å². The fourth-order valence-electron chi connectivity index (χ4n) is 1.56. The number of ether oxygens (including phenoxy) is 1. The number of nitrogens with one attached hydrogen (secondary N) is 1. The summed E-state index contributed by atoms with van der Waals surface area (Å²) in [6.07, 6.45) is 2.06. The SMILES string of the molecule is O=C(CCCOCCc1ccccc1)NCCO. The van der Waals surface area contributed by atoms with E-state index < -0.39 is 0 Å². The molecule has 0 unspecified atom stereocenters. The maximum atomic E-state index is 11.2. The van der Waals surface area contributed by atoms with Crippen LogP contribution in [0.1, 0.15) is 18.4 Å². The molecule has 0 bridgehead atoms. The summed E-state index contributed by atoms with van der Waals surface area (Å²) in [5.41, 5.74) is 1.26. The third kappa shape index (κ3) is 7.04. The van der Waals surface area contributed by atoms with Crippen molar-refractivity contribution in [2.75, 3.05) is 26.4 Å². The molecule has 1 aromatic rings. The second-order valence-electron chi connectivity index (χ2n) is 4.03. The van der Waals surface area contributed by atoms with Gasteiger partial charge in [0.1, 0.15) is 0 Å². The molecule has 0 aliphatic heterocycles. The molecule has 4 heteroatoms. The number of rotatable bonds is 9. The van der Waals surface area contributed by atoms with Crippen LogP contribution in [0.15, 0.2) is 30.3 Å². The quantitative estimate of drug-likeness (QED) is 0.647. The standard InChI is InChI=1S/C14H21NO3/c16-10-9-15-14(17)7-4-11-18-12-8-13-5-2-1-3-6-13/h1-3,5-6,16H,4,7-12H2,(H,15,17). The Hall–Kier alpha value is -1.39. The Morgan fingerprint density at radius 3 is 2.72 bits per heavy atom. The molecule has 1 aromatic carbocycles. The number of carbonyl (C=O) groups excluding carboxylic acids is 1. The summed E-state index contributed by atoms with van der Waals surface area (Å²) >= 11 is 0. The number of aliphatic hydroxyl groups excluding tert-OH is 1. The first-order valence-electron chi connectivity index (χ1n) is 6.32. The predicted molar refractivity (Wildman–Crippen MR) is 70.3 cm³/mol. The van der Waals surface area contributed by atoms with Crippen molar-refractivity contribution in [3.05, 3.63) is 35.9 Å². The Labute approximate surface area is 108 Å². The summed E-state index contributed by atoms with van der Waals surface area (Å²) in [5, 5.41) is 11.1. The van der Waals surface area contributed by atoms with Gasteiger partial charge in [0.25, 0.3) is 0 Å². The van der Waals surface area contributed by atoms with E-state index in [0.29, 0.717) is 32.6 Å². The van der Waals surface area contributed by atoms with Crippen molar-refractivity contribution in [2.24, 2.45) is 0 Å². The predicted octanol–water partition coefficient (Wildman–Crippen LogP) is 1.13. The zero-order valence-corrected chi connectivity index (χ0v) is 10.6. The van der Waals surface area contributed by atoms with Crippen molar-refractivity contribution in [1.29, 1.82) is 0 Å². The van der Waals surface area contributed by atoms with Gasteiger partial charge in [0.2, 0.25) is 5.91 Å². The van der Waals surface area contributed by atoms with Gasteiger partial charge in [0.15, 0.2) is 0 Å². The molecule has 0 aliphatic carbocycles. The first-order chi connectivity index (χ1) is 8.83. The molecule has 0 saturated carbocycles. The minimum Gasteiger partial charge on any atom is -0.395 e. The topological polar surface area (TPSA) is 58.6 Å². The normalized spacial score (nSPS) is 10.3. The monoisotopic (exact) mass is 251 g/mol. The molecule has 0 atom stereocenters. The molecule has 18 heavy (non-hydrogen) atoms. The fraction of sp³-hybridized carbons (Fsp3) is 0.500. The molecular weight excluding hydrogens is 230 g/mol. The number of amides is 1. The Kier molecular flexibility index (Phi) is 7.84. The van der Waals surface area contributed by atoms with E-state index >= 15 is 0 Å². The first-order valence-corrected chi connectivity index (χ1v) is 6.32. The lowest BCUT2D eigenvalue weighted by Gasteiger charge is -2.05. The van der Waals surface area contributed by atoms with E-state index in [0.717, 1.165) is 6.42 Å². The second kappa shape index (κ2) is 9.62. The number of hydrogen-bond donors (Lipinski definition) is 2. The second-order valence-corrected chi connectivity index (χ2v) is 4.03. The van der Waals surface area contributed by atoms with Gasteiger partial charge >= 0.3 is 0 Å². The van der Waals surface area contributed by atoms with E-state index in [1.807, 2.05) is 18.2 Å².